The molecule has 6 aromatic rings. The molecular weight excluding hydrogens is 625 g/mol. The Balaban J connectivity index is 1.24. The quantitative estimate of drug-likeness (QED) is 0.138. The van der Waals surface area contributed by atoms with Crippen LogP contribution in [0.4, 0.5) is 22.0 Å². The van der Waals surface area contributed by atoms with E-state index in [2.05, 4.69) is 20.3 Å². The first-order chi connectivity index (χ1) is 23.1. The van der Waals surface area contributed by atoms with Crippen LogP contribution in [0.2, 0.25) is 0 Å². The highest BCUT2D eigenvalue weighted by Crippen LogP contribution is 2.33. The summed E-state index contributed by atoms with van der Waals surface area (Å²) in [5.74, 6) is 1.09. The van der Waals surface area contributed by atoms with Gasteiger partial charge in [0.25, 0.3) is 10.0 Å². The van der Waals surface area contributed by atoms with E-state index >= 15 is 0 Å². The normalized spacial score (nSPS) is 11.6. The van der Waals surface area contributed by atoms with E-state index in [1.165, 1.54) is 12.1 Å². The summed E-state index contributed by atoms with van der Waals surface area (Å²) in [5, 5.41) is 12.4. The van der Waals surface area contributed by atoms with Crippen LogP contribution in [0.5, 0.6) is 5.75 Å². The maximum Gasteiger partial charge on any atom is 0.324 e. The van der Waals surface area contributed by atoms with Gasteiger partial charge in [0.1, 0.15) is 11.6 Å². The van der Waals surface area contributed by atoms with Gasteiger partial charge >= 0.3 is 6.03 Å². The molecule has 244 valence electrons. The molecule has 6 rings (SSSR count). The number of ether oxygens (including phenoxy) is 1. The molecule has 2 aromatic heterocycles. The fraction of sp³-hybridized carbons (Fsp3) is 0.162. The first-order valence-electron chi connectivity index (χ1n) is 15.5. The van der Waals surface area contributed by atoms with E-state index in [1.54, 1.807) is 53.3 Å². The Labute approximate surface area is 279 Å². The summed E-state index contributed by atoms with van der Waals surface area (Å²) in [6, 6.07) is 31.7. The second-order valence-electron chi connectivity index (χ2n) is 12.2. The van der Waals surface area contributed by atoms with Gasteiger partial charge in [0, 0.05) is 46.8 Å². The van der Waals surface area contributed by atoms with Crippen LogP contribution in [0.15, 0.2) is 126 Å². The average molecular weight is 661 g/mol. The van der Waals surface area contributed by atoms with Crippen LogP contribution < -0.4 is 20.1 Å². The highest BCUT2D eigenvalue weighted by molar-refractivity contribution is 7.92. The standard InChI is InChI=1S/C37H36N6O4S/c1-37(2,3)34-24-35(43(41-34)28-14-9-15-29(23-28)48(45,46)42-27-12-5-4-6-13-27)40-36(44)39-32-18-19-33(31-17-8-7-16-30(31)32)47-22-20-26-11-10-21-38-25-26/h4-19,21,23-25,42H,20,22H2,1-3H3,(H2,39,40,44). The first kappa shape index (κ1) is 32.3. The Morgan fingerprint density at radius 2 is 1.60 bits per heavy atom. The number of anilines is 3. The van der Waals surface area contributed by atoms with Crippen LogP contribution in [0, 0.1) is 0 Å². The Hall–Kier alpha value is -5.68. The molecule has 0 atom stereocenters. The molecule has 3 N–H and O–H groups in total. The molecule has 11 heteroatoms. The van der Waals surface area contributed by atoms with Gasteiger partial charge in [-0.15, -0.1) is 0 Å². The smallest absolute Gasteiger partial charge is 0.324 e. The number of urea groups is 1. The topological polar surface area (TPSA) is 127 Å². The van der Waals surface area contributed by atoms with Crippen molar-refractivity contribution in [3.8, 4) is 11.4 Å². The van der Waals surface area contributed by atoms with Crippen molar-refractivity contribution < 1.29 is 17.9 Å². The number of sulfonamides is 1. The Morgan fingerprint density at radius 1 is 0.833 bits per heavy atom. The predicted molar refractivity (Wildman–Crippen MR) is 190 cm³/mol. The van der Waals surface area contributed by atoms with Crippen molar-refractivity contribution in [1.82, 2.24) is 14.8 Å². The molecule has 0 spiro atoms. The number of nitrogens with one attached hydrogen (secondary N) is 3. The first-order valence-corrected chi connectivity index (χ1v) is 17.0. The largest absolute Gasteiger partial charge is 0.493 e. The lowest BCUT2D eigenvalue weighted by Crippen LogP contribution is -2.21. The van der Waals surface area contributed by atoms with Gasteiger partial charge < -0.3 is 10.1 Å². The highest BCUT2D eigenvalue weighted by atomic mass is 32.2. The van der Waals surface area contributed by atoms with E-state index < -0.39 is 16.1 Å². The van der Waals surface area contributed by atoms with Crippen molar-refractivity contribution in [3.05, 3.63) is 133 Å². The molecule has 0 saturated carbocycles. The molecule has 2 amide bonds. The minimum absolute atomic E-state index is 0.0567. The molecule has 0 radical (unpaired) electrons. The molecule has 48 heavy (non-hydrogen) atoms. The second kappa shape index (κ2) is 13.6. The molecule has 0 aliphatic heterocycles. The molecule has 0 saturated heterocycles. The number of aromatic nitrogens is 3. The SMILES string of the molecule is CC(C)(C)c1cc(NC(=O)Nc2ccc(OCCc3cccnc3)c3ccccc23)n(-c2cccc(S(=O)(=O)Nc3ccccc3)c2)n1. The molecule has 0 fully saturated rings. The molecule has 0 aliphatic carbocycles. The van der Waals surface area contributed by atoms with Crippen molar-refractivity contribution in [2.24, 2.45) is 0 Å². The van der Waals surface area contributed by atoms with Crippen molar-refractivity contribution >= 4 is 44.0 Å². The number of carbonyl (C=O) groups excluding carboxylic acids is 1. The number of pyridine rings is 1. The van der Waals surface area contributed by atoms with Gasteiger partial charge in [-0.3, -0.25) is 15.0 Å². The summed E-state index contributed by atoms with van der Waals surface area (Å²) in [6.07, 6.45) is 4.28. The van der Waals surface area contributed by atoms with E-state index in [1.807, 2.05) is 81.6 Å². The van der Waals surface area contributed by atoms with Gasteiger partial charge in [0.2, 0.25) is 0 Å². The number of para-hydroxylation sites is 1. The van der Waals surface area contributed by atoms with Crippen LogP contribution in [0.1, 0.15) is 32.0 Å². The lowest BCUT2D eigenvalue weighted by atomic mass is 9.92. The monoisotopic (exact) mass is 660 g/mol. The highest BCUT2D eigenvalue weighted by Gasteiger charge is 2.23. The fourth-order valence-electron chi connectivity index (χ4n) is 5.14. The summed E-state index contributed by atoms with van der Waals surface area (Å²) in [5.41, 5.74) is 2.97. The maximum absolute atomic E-state index is 13.5. The molecule has 4 aromatic carbocycles. The van der Waals surface area contributed by atoms with E-state index in [0.29, 0.717) is 47.4 Å². The number of hydrogen-bond donors (Lipinski definition) is 3. The van der Waals surface area contributed by atoms with E-state index in [4.69, 9.17) is 9.84 Å². The zero-order valence-electron chi connectivity index (χ0n) is 26.8. The van der Waals surface area contributed by atoms with E-state index in [9.17, 15) is 13.2 Å². The molecular formula is C37H36N6O4S. The predicted octanol–water partition coefficient (Wildman–Crippen LogP) is 7.78. The lowest BCUT2D eigenvalue weighted by molar-refractivity contribution is 0.262. The van der Waals surface area contributed by atoms with E-state index in [0.717, 1.165) is 16.3 Å². The van der Waals surface area contributed by atoms with Crippen molar-refractivity contribution in [2.45, 2.75) is 37.5 Å². The number of nitrogens with zero attached hydrogens (tertiary/aromatic N) is 3. The number of rotatable bonds is 10. The second-order valence-corrected chi connectivity index (χ2v) is 13.9. The van der Waals surface area contributed by atoms with Crippen LogP contribution in [-0.4, -0.2) is 35.8 Å². The van der Waals surface area contributed by atoms with Crippen LogP contribution in [0.25, 0.3) is 16.5 Å². The average Bonchev–Trinajstić information content (AvgIpc) is 3.51. The van der Waals surface area contributed by atoms with Crippen molar-refractivity contribution in [2.75, 3.05) is 22.0 Å². The number of hydrogen-bond acceptors (Lipinski definition) is 6. The van der Waals surface area contributed by atoms with Crippen molar-refractivity contribution in [3.63, 3.8) is 0 Å². The van der Waals surface area contributed by atoms with Crippen LogP contribution >= 0.6 is 0 Å². The molecule has 0 bridgehead atoms. The Morgan fingerprint density at radius 3 is 2.35 bits per heavy atom. The molecule has 0 aliphatic rings. The van der Waals surface area contributed by atoms with Gasteiger partial charge in [0.15, 0.2) is 0 Å². The van der Waals surface area contributed by atoms with Gasteiger partial charge in [-0.2, -0.15) is 5.10 Å². The number of amides is 2. The lowest BCUT2D eigenvalue weighted by Gasteiger charge is -2.15. The summed E-state index contributed by atoms with van der Waals surface area (Å²) in [6.45, 7) is 6.52. The third-order valence-electron chi connectivity index (χ3n) is 7.62. The minimum atomic E-state index is -3.89. The summed E-state index contributed by atoms with van der Waals surface area (Å²) in [4.78, 5) is 17.7. The Bertz CT molecular complexity index is 2160. The Kier molecular flexibility index (Phi) is 9.13. The van der Waals surface area contributed by atoms with Crippen LogP contribution in [-0.2, 0) is 21.9 Å². The summed E-state index contributed by atoms with van der Waals surface area (Å²) in [7, 11) is -3.89. The molecule has 10 nitrogen and oxygen atoms in total. The molecule has 2 heterocycles. The van der Waals surface area contributed by atoms with Gasteiger partial charge in [-0.1, -0.05) is 75.4 Å². The third-order valence-corrected chi connectivity index (χ3v) is 9.00. The van der Waals surface area contributed by atoms with Crippen molar-refractivity contribution in [1.29, 1.82) is 0 Å². The van der Waals surface area contributed by atoms with Gasteiger partial charge in [-0.05, 0) is 54.1 Å². The number of fused-ring (bicyclic) bond motifs is 1. The van der Waals surface area contributed by atoms with Gasteiger partial charge in [0.05, 0.1) is 28.6 Å². The number of carbonyl (C=O) groups is 1. The summed E-state index contributed by atoms with van der Waals surface area (Å²) < 4.78 is 36.8. The van der Waals surface area contributed by atoms with E-state index in [-0.39, 0.29) is 10.3 Å². The maximum atomic E-state index is 13.5. The zero-order chi connectivity index (χ0) is 33.7. The fourth-order valence-corrected chi connectivity index (χ4v) is 6.24. The summed E-state index contributed by atoms with van der Waals surface area (Å²) >= 11 is 0. The molecule has 0 unspecified atom stereocenters. The number of benzene rings is 4. The minimum Gasteiger partial charge on any atom is -0.493 e. The third kappa shape index (κ3) is 7.48. The van der Waals surface area contributed by atoms with Crippen LogP contribution in [0.3, 0.4) is 0 Å². The zero-order valence-corrected chi connectivity index (χ0v) is 27.7. The van der Waals surface area contributed by atoms with Gasteiger partial charge in [-0.25, -0.2) is 17.9 Å².